The molecular formula is C20H14N2O5. The normalized spacial score (nSPS) is 13.1. The van der Waals surface area contributed by atoms with Crippen molar-refractivity contribution in [2.24, 2.45) is 0 Å². The first-order chi connectivity index (χ1) is 12.9. The summed E-state index contributed by atoms with van der Waals surface area (Å²) in [6, 6.07) is 12.8. The summed E-state index contributed by atoms with van der Waals surface area (Å²) in [5, 5.41) is 3.38. The summed E-state index contributed by atoms with van der Waals surface area (Å²) in [6.45, 7) is 1.39. The number of hydrogen-bond donors (Lipinski definition) is 1. The maximum Gasteiger partial charge on any atom is 0.336 e. The molecule has 2 aromatic carbocycles. The van der Waals surface area contributed by atoms with E-state index in [1.54, 1.807) is 43.3 Å². The zero-order chi connectivity index (χ0) is 19.1. The van der Waals surface area contributed by atoms with Gasteiger partial charge in [-0.15, -0.1) is 0 Å². The van der Waals surface area contributed by atoms with Crippen molar-refractivity contribution < 1.29 is 18.8 Å². The van der Waals surface area contributed by atoms with E-state index in [-0.39, 0.29) is 0 Å². The van der Waals surface area contributed by atoms with Crippen LogP contribution in [0, 0.1) is 6.92 Å². The van der Waals surface area contributed by atoms with Gasteiger partial charge in [0.25, 0.3) is 11.8 Å². The van der Waals surface area contributed by atoms with Crippen LogP contribution < -0.4 is 10.9 Å². The zero-order valence-corrected chi connectivity index (χ0v) is 14.3. The Balaban J connectivity index is 1.54. The molecule has 1 aliphatic rings. The van der Waals surface area contributed by atoms with Gasteiger partial charge in [0.05, 0.1) is 11.1 Å². The summed E-state index contributed by atoms with van der Waals surface area (Å²) in [4.78, 5) is 49.4. The largest absolute Gasteiger partial charge is 0.423 e. The van der Waals surface area contributed by atoms with Gasteiger partial charge in [-0.2, -0.15) is 0 Å². The molecule has 0 saturated carbocycles. The van der Waals surface area contributed by atoms with Crippen molar-refractivity contribution in [2.45, 2.75) is 6.92 Å². The molecule has 0 fully saturated rings. The molecule has 0 bridgehead atoms. The van der Waals surface area contributed by atoms with E-state index in [0.717, 1.165) is 15.8 Å². The van der Waals surface area contributed by atoms with Gasteiger partial charge in [0.2, 0.25) is 5.91 Å². The first-order valence-corrected chi connectivity index (χ1v) is 8.23. The Hall–Kier alpha value is -3.74. The Morgan fingerprint density at radius 3 is 2.33 bits per heavy atom. The van der Waals surface area contributed by atoms with Gasteiger partial charge >= 0.3 is 5.63 Å². The van der Waals surface area contributed by atoms with E-state index in [4.69, 9.17) is 4.42 Å². The quantitative estimate of drug-likeness (QED) is 0.570. The topological polar surface area (TPSA) is 96.7 Å². The number of amides is 3. The Kier molecular flexibility index (Phi) is 3.84. The van der Waals surface area contributed by atoms with Gasteiger partial charge in [-0.3, -0.25) is 19.3 Å². The Morgan fingerprint density at radius 1 is 1.00 bits per heavy atom. The van der Waals surface area contributed by atoms with E-state index in [0.29, 0.717) is 22.4 Å². The second kappa shape index (κ2) is 6.21. The predicted molar refractivity (Wildman–Crippen MR) is 97.7 cm³/mol. The van der Waals surface area contributed by atoms with Crippen molar-refractivity contribution in [1.29, 1.82) is 0 Å². The highest BCUT2D eigenvalue weighted by atomic mass is 16.4. The molecule has 2 heterocycles. The summed E-state index contributed by atoms with van der Waals surface area (Å²) in [6.07, 6.45) is 0. The minimum Gasteiger partial charge on any atom is -0.423 e. The van der Waals surface area contributed by atoms with E-state index in [9.17, 15) is 19.2 Å². The number of nitrogens with one attached hydrogen (secondary N) is 1. The molecule has 134 valence electrons. The zero-order valence-electron chi connectivity index (χ0n) is 14.3. The molecule has 0 unspecified atom stereocenters. The molecule has 0 atom stereocenters. The number of fused-ring (bicyclic) bond motifs is 2. The van der Waals surface area contributed by atoms with Gasteiger partial charge in [-0.25, -0.2) is 4.79 Å². The van der Waals surface area contributed by atoms with Crippen LogP contribution in [0.5, 0.6) is 0 Å². The van der Waals surface area contributed by atoms with Gasteiger partial charge in [0.15, 0.2) is 0 Å². The van der Waals surface area contributed by atoms with Crippen molar-refractivity contribution in [3.05, 3.63) is 75.6 Å². The average molecular weight is 362 g/mol. The van der Waals surface area contributed by atoms with Crippen molar-refractivity contribution >= 4 is 34.4 Å². The molecule has 27 heavy (non-hydrogen) atoms. The fourth-order valence-electron chi connectivity index (χ4n) is 3.13. The van der Waals surface area contributed by atoms with Gasteiger partial charge in [-0.05, 0) is 36.8 Å². The molecule has 3 amide bonds. The molecule has 0 radical (unpaired) electrons. The smallest absolute Gasteiger partial charge is 0.336 e. The SMILES string of the molecule is Cc1cc(=O)oc2cc(NC(=O)CN3C(=O)c4ccccc4C3=O)ccc12. The molecule has 1 aliphatic heterocycles. The number of aryl methyl sites for hydroxylation is 1. The van der Waals surface area contributed by atoms with Crippen LogP contribution in [0.3, 0.4) is 0 Å². The number of carbonyl (C=O) groups excluding carboxylic acids is 3. The van der Waals surface area contributed by atoms with Crippen LogP contribution in [0.25, 0.3) is 11.0 Å². The number of rotatable bonds is 3. The molecule has 7 nitrogen and oxygen atoms in total. The Bertz CT molecular complexity index is 1140. The third-order valence-electron chi connectivity index (χ3n) is 4.42. The lowest BCUT2D eigenvalue weighted by Crippen LogP contribution is -2.37. The van der Waals surface area contributed by atoms with Crippen molar-refractivity contribution in [3.8, 4) is 0 Å². The number of anilines is 1. The highest BCUT2D eigenvalue weighted by Gasteiger charge is 2.36. The van der Waals surface area contributed by atoms with Crippen LogP contribution in [-0.2, 0) is 4.79 Å². The van der Waals surface area contributed by atoms with E-state index in [1.165, 1.54) is 12.1 Å². The summed E-state index contributed by atoms with van der Waals surface area (Å²) in [5.74, 6) is -1.52. The van der Waals surface area contributed by atoms with E-state index in [1.807, 2.05) is 0 Å². The second-order valence-electron chi connectivity index (χ2n) is 6.25. The fraction of sp³-hybridized carbons (Fsp3) is 0.100. The van der Waals surface area contributed by atoms with Crippen molar-refractivity contribution in [3.63, 3.8) is 0 Å². The number of nitrogens with zero attached hydrogens (tertiary/aromatic N) is 1. The average Bonchev–Trinajstić information content (AvgIpc) is 2.86. The van der Waals surface area contributed by atoms with Crippen LogP contribution in [0.4, 0.5) is 5.69 Å². The Morgan fingerprint density at radius 2 is 1.67 bits per heavy atom. The molecule has 3 aromatic rings. The van der Waals surface area contributed by atoms with Gasteiger partial charge < -0.3 is 9.73 Å². The first-order valence-electron chi connectivity index (χ1n) is 8.23. The molecule has 1 aromatic heterocycles. The van der Waals surface area contributed by atoms with Crippen molar-refractivity contribution in [2.75, 3.05) is 11.9 Å². The monoisotopic (exact) mass is 362 g/mol. The number of benzene rings is 2. The molecule has 0 saturated heterocycles. The third-order valence-corrected chi connectivity index (χ3v) is 4.42. The molecule has 4 rings (SSSR count). The molecule has 0 aliphatic carbocycles. The lowest BCUT2D eigenvalue weighted by atomic mass is 10.1. The van der Waals surface area contributed by atoms with Crippen LogP contribution in [0.1, 0.15) is 26.3 Å². The number of carbonyl (C=O) groups is 3. The lowest BCUT2D eigenvalue weighted by molar-refractivity contribution is -0.116. The molecule has 1 N–H and O–H groups in total. The summed E-state index contributed by atoms with van der Waals surface area (Å²) in [5.41, 5.74) is 1.62. The highest BCUT2D eigenvalue weighted by Crippen LogP contribution is 2.23. The van der Waals surface area contributed by atoms with Crippen LogP contribution >= 0.6 is 0 Å². The van der Waals surface area contributed by atoms with Gasteiger partial charge in [0, 0.05) is 23.2 Å². The van der Waals surface area contributed by atoms with E-state index < -0.39 is 29.9 Å². The molecule has 0 spiro atoms. The van der Waals surface area contributed by atoms with Crippen molar-refractivity contribution in [1.82, 2.24) is 4.90 Å². The highest BCUT2D eigenvalue weighted by molar-refractivity contribution is 6.22. The summed E-state index contributed by atoms with van der Waals surface area (Å²) in [7, 11) is 0. The Labute approximate surface area is 153 Å². The first kappa shape index (κ1) is 16.7. The minimum atomic E-state index is -0.529. The predicted octanol–water partition coefficient (Wildman–Crippen LogP) is 2.34. The third kappa shape index (κ3) is 2.89. The number of hydrogen-bond acceptors (Lipinski definition) is 5. The van der Waals surface area contributed by atoms with E-state index in [2.05, 4.69) is 5.32 Å². The minimum absolute atomic E-state index is 0.290. The summed E-state index contributed by atoms with van der Waals surface area (Å²) < 4.78 is 5.15. The van der Waals surface area contributed by atoms with Crippen LogP contribution in [0.2, 0.25) is 0 Å². The van der Waals surface area contributed by atoms with Crippen LogP contribution in [-0.4, -0.2) is 29.2 Å². The number of imide groups is 1. The summed E-state index contributed by atoms with van der Waals surface area (Å²) >= 11 is 0. The lowest BCUT2D eigenvalue weighted by Gasteiger charge is -2.14. The van der Waals surface area contributed by atoms with E-state index >= 15 is 0 Å². The standard InChI is InChI=1S/C20H14N2O5/c1-11-8-18(24)27-16-9-12(6-7-13(11)16)21-17(23)10-22-19(25)14-4-2-3-5-15(14)20(22)26/h2-9H,10H2,1H3,(H,21,23). The van der Waals surface area contributed by atoms with Gasteiger partial charge in [0.1, 0.15) is 12.1 Å². The fourth-order valence-corrected chi connectivity index (χ4v) is 3.13. The van der Waals surface area contributed by atoms with Crippen LogP contribution in [0.15, 0.2) is 57.7 Å². The maximum atomic E-state index is 12.3. The maximum absolute atomic E-state index is 12.3. The molecule has 7 heteroatoms. The van der Waals surface area contributed by atoms with Gasteiger partial charge in [-0.1, -0.05) is 12.1 Å². The molecular weight excluding hydrogens is 348 g/mol. The second-order valence-corrected chi connectivity index (χ2v) is 6.25.